The highest BCUT2D eigenvalue weighted by molar-refractivity contribution is 5.55. The number of hydrogen-bond acceptors (Lipinski definition) is 4. The van der Waals surface area contributed by atoms with E-state index in [2.05, 4.69) is 14.7 Å². The lowest BCUT2D eigenvalue weighted by molar-refractivity contribution is -0.274. The lowest BCUT2D eigenvalue weighted by atomic mass is 10.0. The minimum Gasteiger partial charge on any atom is -0.491 e. The van der Waals surface area contributed by atoms with Crippen LogP contribution in [-0.2, 0) is 12.8 Å². The summed E-state index contributed by atoms with van der Waals surface area (Å²) in [6, 6.07) is 13.8. The van der Waals surface area contributed by atoms with Gasteiger partial charge in [-0.1, -0.05) is 36.4 Å². The molecule has 2 aromatic carbocycles. The van der Waals surface area contributed by atoms with Crippen LogP contribution >= 0.6 is 0 Å². The molecule has 146 valence electrons. The fourth-order valence-corrected chi connectivity index (χ4v) is 2.67. The third kappa shape index (κ3) is 5.70. The second-order valence-corrected chi connectivity index (χ2v) is 6.06. The van der Waals surface area contributed by atoms with Crippen LogP contribution in [0, 0.1) is 0 Å². The van der Waals surface area contributed by atoms with Crippen LogP contribution in [0.5, 0.6) is 11.5 Å². The van der Waals surface area contributed by atoms with Crippen LogP contribution in [0.2, 0.25) is 0 Å². The van der Waals surface area contributed by atoms with E-state index in [1.807, 2.05) is 31.2 Å². The first-order valence-corrected chi connectivity index (χ1v) is 8.82. The normalized spacial score (nSPS) is 11.3. The second kappa shape index (κ2) is 8.73. The molecule has 1 aromatic heterocycles. The SMILES string of the molecule is CCOc1cnc(-c2ccc(CCc3ccc(OC(F)(F)F)cc3)cc2)nc1. The van der Waals surface area contributed by atoms with E-state index in [4.69, 9.17) is 4.74 Å². The van der Waals surface area contributed by atoms with Gasteiger partial charge < -0.3 is 9.47 Å². The predicted octanol–water partition coefficient (Wildman–Crippen LogP) is 5.23. The molecule has 0 N–H and O–H groups in total. The number of nitrogens with zero attached hydrogens (tertiary/aromatic N) is 2. The number of benzene rings is 2. The number of aromatic nitrogens is 2. The lowest BCUT2D eigenvalue weighted by Crippen LogP contribution is -2.17. The Labute approximate surface area is 161 Å². The average molecular weight is 388 g/mol. The molecule has 0 aliphatic carbocycles. The third-order valence-electron chi connectivity index (χ3n) is 4.01. The first-order chi connectivity index (χ1) is 13.4. The number of ether oxygens (including phenoxy) is 2. The van der Waals surface area contributed by atoms with Gasteiger partial charge in [0.1, 0.15) is 5.75 Å². The minimum atomic E-state index is -4.67. The third-order valence-corrected chi connectivity index (χ3v) is 4.01. The lowest BCUT2D eigenvalue weighted by Gasteiger charge is -2.09. The van der Waals surface area contributed by atoms with Crippen molar-refractivity contribution in [3.05, 3.63) is 72.1 Å². The summed E-state index contributed by atoms with van der Waals surface area (Å²) < 4.78 is 45.8. The van der Waals surface area contributed by atoms with Crippen molar-refractivity contribution in [2.75, 3.05) is 6.61 Å². The Kier molecular flexibility index (Phi) is 6.13. The quantitative estimate of drug-likeness (QED) is 0.556. The topological polar surface area (TPSA) is 44.2 Å². The van der Waals surface area contributed by atoms with Gasteiger partial charge in [-0.3, -0.25) is 0 Å². The molecule has 4 nitrogen and oxygen atoms in total. The number of hydrogen-bond donors (Lipinski definition) is 0. The van der Waals surface area contributed by atoms with Crippen LogP contribution in [-0.4, -0.2) is 22.9 Å². The highest BCUT2D eigenvalue weighted by Gasteiger charge is 2.30. The zero-order valence-corrected chi connectivity index (χ0v) is 15.2. The molecule has 3 rings (SSSR count). The summed E-state index contributed by atoms with van der Waals surface area (Å²) in [5, 5.41) is 0. The Bertz CT molecular complexity index is 878. The van der Waals surface area contributed by atoms with Crippen molar-refractivity contribution < 1.29 is 22.6 Å². The van der Waals surface area contributed by atoms with Crippen molar-refractivity contribution in [3.8, 4) is 22.9 Å². The summed E-state index contributed by atoms with van der Waals surface area (Å²) >= 11 is 0. The maximum atomic E-state index is 12.2. The van der Waals surface area contributed by atoms with E-state index >= 15 is 0 Å². The Morgan fingerprint density at radius 3 is 1.82 bits per heavy atom. The van der Waals surface area contributed by atoms with Gasteiger partial charge in [0.15, 0.2) is 11.6 Å². The maximum absolute atomic E-state index is 12.2. The molecule has 0 bridgehead atoms. The molecule has 0 saturated carbocycles. The Balaban J connectivity index is 1.57. The molecule has 7 heteroatoms. The molecule has 1 heterocycles. The molecule has 0 amide bonds. The van der Waals surface area contributed by atoms with Gasteiger partial charge in [0, 0.05) is 5.56 Å². The fraction of sp³-hybridized carbons (Fsp3) is 0.238. The van der Waals surface area contributed by atoms with Gasteiger partial charge in [0.25, 0.3) is 0 Å². The minimum absolute atomic E-state index is 0.212. The van der Waals surface area contributed by atoms with Crippen molar-refractivity contribution in [2.45, 2.75) is 26.1 Å². The van der Waals surface area contributed by atoms with E-state index < -0.39 is 6.36 Å². The molecule has 0 atom stereocenters. The molecule has 0 radical (unpaired) electrons. The number of halogens is 3. The Hall–Kier alpha value is -3.09. The molecular formula is C21H19F3N2O2. The fourth-order valence-electron chi connectivity index (χ4n) is 2.67. The number of rotatable bonds is 7. The molecule has 0 spiro atoms. The monoisotopic (exact) mass is 388 g/mol. The van der Waals surface area contributed by atoms with E-state index in [9.17, 15) is 13.2 Å². The highest BCUT2D eigenvalue weighted by atomic mass is 19.4. The molecular weight excluding hydrogens is 369 g/mol. The van der Waals surface area contributed by atoms with Crippen LogP contribution < -0.4 is 9.47 Å². The molecule has 0 aliphatic heterocycles. The van der Waals surface area contributed by atoms with E-state index in [1.54, 1.807) is 24.5 Å². The van der Waals surface area contributed by atoms with E-state index in [0.29, 0.717) is 24.6 Å². The first-order valence-electron chi connectivity index (χ1n) is 8.82. The molecule has 0 fully saturated rings. The largest absolute Gasteiger partial charge is 0.573 e. The van der Waals surface area contributed by atoms with Gasteiger partial charge in [-0.05, 0) is 43.0 Å². The van der Waals surface area contributed by atoms with Gasteiger partial charge in [-0.25, -0.2) is 9.97 Å². The Morgan fingerprint density at radius 1 is 0.786 bits per heavy atom. The highest BCUT2D eigenvalue weighted by Crippen LogP contribution is 2.23. The van der Waals surface area contributed by atoms with Crippen LogP contribution in [0.4, 0.5) is 13.2 Å². The van der Waals surface area contributed by atoms with E-state index in [1.165, 1.54) is 12.1 Å². The molecule has 28 heavy (non-hydrogen) atoms. The standard InChI is InChI=1S/C21H19F3N2O2/c1-2-27-19-13-25-20(26-14-19)17-9-5-15(6-10-17)3-4-16-7-11-18(12-8-16)28-21(22,23)24/h5-14H,2-4H2,1H3. The van der Waals surface area contributed by atoms with Gasteiger partial charge in [-0.15, -0.1) is 13.2 Å². The van der Waals surface area contributed by atoms with Crippen molar-refractivity contribution in [2.24, 2.45) is 0 Å². The van der Waals surface area contributed by atoms with Gasteiger partial charge in [-0.2, -0.15) is 0 Å². The zero-order valence-electron chi connectivity index (χ0n) is 15.2. The molecule has 0 saturated heterocycles. The molecule has 0 aliphatic rings. The summed E-state index contributed by atoms with van der Waals surface area (Å²) in [5.74, 6) is 1.04. The smallest absolute Gasteiger partial charge is 0.491 e. The van der Waals surface area contributed by atoms with Crippen LogP contribution in [0.1, 0.15) is 18.1 Å². The van der Waals surface area contributed by atoms with E-state index in [-0.39, 0.29) is 5.75 Å². The summed E-state index contributed by atoms with van der Waals surface area (Å²) in [6.07, 6.45) is 0.100. The predicted molar refractivity (Wildman–Crippen MR) is 99.2 cm³/mol. The number of aryl methyl sites for hydroxylation is 2. The average Bonchev–Trinajstić information content (AvgIpc) is 2.68. The first kappa shape index (κ1) is 19.7. The molecule has 0 unspecified atom stereocenters. The van der Waals surface area contributed by atoms with Crippen molar-refractivity contribution in [3.63, 3.8) is 0 Å². The van der Waals surface area contributed by atoms with Crippen molar-refractivity contribution in [1.29, 1.82) is 0 Å². The van der Waals surface area contributed by atoms with Crippen LogP contribution in [0.3, 0.4) is 0 Å². The van der Waals surface area contributed by atoms with Gasteiger partial charge >= 0.3 is 6.36 Å². The van der Waals surface area contributed by atoms with Gasteiger partial charge in [0.05, 0.1) is 19.0 Å². The summed E-state index contributed by atoms with van der Waals surface area (Å²) in [6.45, 7) is 2.47. The van der Waals surface area contributed by atoms with Gasteiger partial charge in [0.2, 0.25) is 0 Å². The summed E-state index contributed by atoms with van der Waals surface area (Å²) in [7, 11) is 0. The summed E-state index contributed by atoms with van der Waals surface area (Å²) in [4.78, 5) is 8.59. The molecule has 3 aromatic rings. The second-order valence-electron chi connectivity index (χ2n) is 6.06. The van der Waals surface area contributed by atoms with Crippen molar-refractivity contribution in [1.82, 2.24) is 9.97 Å². The van der Waals surface area contributed by atoms with Crippen LogP contribution in [0.25, 0.3) is 11.4 Å². The van der Waals surface area contributed by atoms with Crippen LogP contribution in [0.15, 0.2) is 60.9 Å². The summed E-state index contributed by atoms with van der Waals surface area (Å²) in [5.41, 5.74) is 2.96. The van der Waals surface area contributed by atoms with Crippen molar-refractivity contribution >= 4 is 0 Å². The van der Waals surface area contributed by atoms with E-state index in [0.717, 1.165) is 23.1 Å². The zero-order chi connectivity index (χ0) is 20.0. The maximum Gasteiger partial charge on any atom is 0.573 e. The Morgan fingerprint density at radius 2 is 1.32 bits per heavy atom. The number of alkyl halides is 3.